The van der Waals surface area contributed by atoms with Crippen molar-refractivity contribution in [2.45, 2.75) is 25.9 Å². The average Bonchev–Trinajstić information content (AvgIpc) is 2.36. The van der Waals surface area contributed by atoms with E-state index in [1.54, 1.807) is 17.0 Å². The summed E-state index contributed by atoms with van der Waals surface area (Å²) in [4.78, 5) is 13.8. The number of para-hydroxylation sites is 1. The van der Waals surface area contributed by atoms with E-state index >= 15 is 0 Å². The molecule has 1 heterocycles. The van der Waals surface area contributed by atoms with Crippen molar-refractivity contribution in [2.75, 3.05) is 19.7 Å². The van der Waals surface area contributed by atoms with Gasteiger partial charge in [-0.25, -0.2) is 4.39 Å². The number of amides is 1. The summed E-state index contributed by atoms with van der Waals surface area (Å²) >= 11 is 0. The SMILES string of the molecule is C[C@@H]1CN(C(=O)COc2ccccc2F)C[C@H](C)N1. The Labute approximate surface area is 112 Å². The number of ether oxygens (including phenoxy) is 1. The summed E-state index contributed by atoms with van der Waals surface area (Å²) < 4.78 is 18.6. The molecule has 0 saturated carbocycles. The van der Waals surface area contributed by atoms with Gasteiger partial charge in [0.15, 0.2) is 18.2 Å². The predicted octanol–water partition coefficient (Wildman–Crippen LogP) is 1.41. The maximum Gasteiger partial charge on any atom is 0.260 e. The van der Waals surface area contributed by atoms with Crippen LogP contribution >= 0.6 is 0 Å². The quantitative estimate of drug-likeness (QED) is 0.899. The van der Waals surface area contributed by atoms with E-state index in [-0.39, 0.29) is 30.3 Å². The van der Waals surface area contributed by atoms with E-state index < -0.39 is 5.82 Å². The van der Waals surface area contributed by atoms with E-state index in [1.807, 2.05) is 13.8 Å². The van der Waals surface area contributed by atoms with Gasteiger partial charge in [-0.05, 0) is 26.0 Å². The Balaban J connectivity index is 1.89. The molecule has 1 amide bonds. The fraction of sp³-hybridized carbons (Fsp3) is 0.500. The molecule has 19 heavy (non-hydrogen) atoms. The van der Waals surface area contributed by atoms with Crippen LogP contribution in [0.3, 0.4) is 0 Å². The monoisotopic (exact) mass is 266 g/mol. The lowest BCUT2D eigenvalue weighted by Gasteiger charge is -2.36. The summed E-state index contributed by atoms with van der Waals surface area (Å²) in [5, 5.41) is 3.35. The third-order valence-corrected chi connectivity index (χ3v) is 3.10. The molecule has 1 saturated heterocycles. The van der Waals surface area contributed by atoms with Gasteiger partial charge in [0.2, 0.25) is 0 Å². The van der Waals surface area contributed by atoms with Gasteiger partial charge in [0.1, 0.15) is 0 Å². The molecule has 4 nitrogen and oxygen atoms in total. The van der Waals surface area contributed by atoms with E-state index in [9.17, 15) is 9.18 Å². The second-order valence-electron chi connectivity index (χ2n) is 4.99. The van der Waals surface area contributed by atoms with Crippen LogP contribution in [0.5, 0.6) is 5.75 Å². The Bertz CT molecular complexity index is 443. The molecule has 0 spiro atoms. The van der Waals surface area contributed by atoms with E-state index in [0.717, 1.165) is 0 Å². The Kier molecular flexibility index (Phi) is 4.37. The normalized spacial score (nSPS) is 23.2. The Hall–Kier alpha value is -1.62. The first-order valence-electron chi connectivity index (χ1n) is 6.47. The minimum atomic E-state index is -0.447. The molecule has 0 bridgehead atoms. The summed E-state index contributed by atoms with van der Waals surface area (Å²) in [5.74, 6) is -0.437. The van der Waals surface area contributed by atoms with Crippen LogP contribution in [0.4, 0.5) is 4.39 Å². The number of hydrogen-bond acceptors (Lipinski definition) is 3. The number of carbonyl (C=O) groups is 1. The van der Waals surface area contributed by atoms with Crippen molar-refractivity contribution < 1.29 is 13.9 Å². The standard InChI is InChI=1S/C14H19FN2O2/c1-10-7-17(8-11(2)16-10)14(18)9-19-13-6-4-3-5-12(13)15/h3-6,10-11,16H,7-9H2,1-2H3/t10-,11+. The van der Waals surface area contributed by atoms with Crippen LogP contribution < -0.4 is 10.1 Å². The second-order valence-corrected chi connectivity index (χ2v) is 4.99. The van der Waals surface area contributed by atoms with Gasteiger partial charge in [-0.1, -0.05) is 12.1 Å². The van der Waals surface area contributed by atoms with Crippen LogP contribution in [0, 0.1) is 5.82 Å². The molecule has 0 aliphatic carbocycles. The topological polar surface area (TPSA) is 41.6 Å². The van der Waals surface area contributed by atoms with Gasteiger partial charge >= 0.3 is 0 Å². The van der Waals surface area contributed by atoms with Crippen molar-refractivity contribution in [1.82, 2.24) is 10.2 Å². The van der Waals surface area contributed by atoms with E-state index in [0.29, 0.717) is 13.1 Å². The van der Waals surface area contributed by atoms with Gasteiger partial charge in [0.25, 0.3) is 5.91 Å². The van der Waals surface area contributed by atoms with Crippen LogP contribution in [-0.4, -0.2) is 42.6 Å². The van der Waals surface area contributed by atoms with Gasteiger partial charge in [-0.15, -0.1) is 0 Å². The van der Waals surface area contributed by atoms with E-state index in [2.05, 4.69) is 5.32 Å². The van der Waals surface area contributed by atoms with Crippen LogP contribution in [0.1, 0.15) is 13.8 Å². The van der Waals surface area contributed by atoms with Gasteiger partial charge in [-0.3, -0.25) is 4.79 Å². The van der Waals surface area contributed by atoms with Crippen LogP contribution in [0.25, 0.3) is 0 Å². The number of piperazine rings is 1. The predicted molar refractivity (Wildman–Crippen MR) is 70.5 cm³/mol. The molecule has 1 aliphatic rings. The second kappa shape index (κ2) is 6.02. The highest BCUT2D eigenvalue weighted by atomic mass is 19.1. The Morgan fingerprint density at radius 2 is 2.00 bits per heavy atom. The van der Waals surface area contributed by atoms with E-state index in [4.69, 9.17) is 4.74 Å². The third-order valence-electron chi connectivity index (χ3n) is 3.10. The van der Waals surface area contributed by atoms with Crippen molar-refractivity contribution >= 4 is 5.91 Å². The highest BCUT2D eigenvalue weighted by Crippen LogP contribution is 2.15. The lowest BCUT2D eigenvalue weighted by atomic mass is 10.1. The van der Waals surface area contributed by atoms with Gasteiger partial charge in [0.05, 0.1) is 0 Å². The first-order chi connectivity index (χ1) is 9.06. The zero-order chi connectivity index (χ0) is 13.8. The third kappa shape index (κ3) is 3.67. The fourth-order valence-electron chi connectivity index (χ4n) is 2.32. The molecule has 104 valence electrons. The molecule has 1 aromatic carbocycles. The Morgan fingerprint density at radius 3 is 2.63 bits per heavy atom. The highest BCUT2D eigenvalue weighted by Gasteiger charge is 2.24. The number of nitrogens with one attached hydrogen (secondary N) is 1. The van der Waals surface area contributed by atoms with Crippen LogP contribution in [0.15, 0.2) is 24.3 Å². The molecular weight excluding hydrogens is 247 g/mol. The maximum absolute atomic E-state index is 13.3. The lowest BCUT2D eigenvalue weighted by Crippen LogP contribution is -2.56. The summed E-state index contributed by atoms with van der Waals surface area (Å²) in [7, 11) is 0. The van der Waals surface area contributed by atoms with Crippen LogP contribution in [-0.2, 0) is 4.79 Å². The summed E-state index contributed by atoms with van der Waals surface area (Å²) in [6, 6.07) is 6.63. The number of benzene rings is 1. The lowest BCUT2D eigenvalue weighted by molar-refractivity contribution is -0.135. The number of hydrogen-bond donors (Lipinski definition) is 1. The van der Waals surface area contributed by atoms with Gasteiger partial charge in [-0.2, -0.15) is 0 Å². The highest BCUT2D eigenvalue weighted by molar-refractivity contribution is 5.78. The molecule has 2 atom stereocenters. The van der Waals surface area contributed by atoms with Crippen molar-refractivity contribution in [1.29, 1.82) is 0 Å². The van der Waals surface area contributed by atoms with Crippen molar-refractivity contribution in [3.8, 4) is 5.75 Å². The number of carbonyl (C=O) groups excluding carboxylic acids is 1. The van der Waals surface area contributed by atoms with Crippen molar-refractivity contribution in [3.05, 3.63) is 30.1 Å². The molecular formula is C14H19FN2O2. The molecule has 1 fully saturated rings. The number of halogens is 1. The number of rotatable bonds is 3. The van der Waals surface area contributed by atoms with Crippen molar-refractivity contribution in [2.24, 2.45) is 0 Å². The van der Waals surface area contributed by atoms with E-state index in [1.165, 1.54) is 12.1 Å². The zero-order valence-corrected chi connectivity index (χ0v) is 11.2. The number of nitrogens with zero attached hydrogens (tertiary/aromatic N) is 1. The Morgan fingerprint density at radius 1 is 1.37 bits per heavy atom. The molecule has 1 aromatic rings. The van der Waals surface area contributed by atoms with Gasteiger partial charge < -0.3 is 15.0 Å². The summed E-state index contributed by atoms with van der Waals surface area (Å²) in [6.45, 7) is 5.26. The summed E-state index contributed by atoms with van der Waals surface area (Å²) in [6.07, 6.45) is 0. The minimum absolute atomic E-state index is 0.108. The first kappa shape index (κ1) is 13.8. The average molecular weight is 266 g/mol. The molecule has 0 radical (unpaired) electrons. The largest absolute Gasteiger partial charge is 0.481 e. The maximum atomic E-state index is 13.3. The smallest absolute Gasteiger partial charge is 0.260 e. The van der Waals surface area contributed by atoms with Gasteiger partial charge in [0, 0.05) is 25.2 Å². The zero-order valence-electron chi connectivity index (χ0n) is 11.2. The van der Waals surface area contributed by atoms with Crippen LogP contribution in [0.2, 0.25) is 0 Å². The molecule has 0 aromatic heterocycles. The molecule has 5 heteroatoms. The minimum Gasteiger partial charge on any atom is -0.481 e. The van der Waals surface area contributed by atoms with Crippen molar-refractivity contribution in [3.63, 3.8) is 0 Å². The molecule has 1 N–H and O–H groups in total. The molecule has 2 rings (SSSR count). The summed E-state index contributed by atoms with van der Waals surface area (Å²) in [5.41, 5.74) is 0. The molecule has 0 unspecified atom stereocenters. The molecule has 1 aliphatic heterocycles. The first-order valence-corrected chi connectivity index (χ1v) is 6.47. The fourth-order valence-corrected chi connectivity index (χ4v) is 2.32.